The van der Waals surface area contributed by atoms with E-state index in [1.54, 1.807) is 6.92 Å². The van der Waals surface area contributed by atoms with Crippen LogP contribution in [0, 0.1) is 6.92 Å². The highest BCUT2D eigenvalue weighted by molar-refractivity contribution is 5.40. The Morgan fingerprint density at radius 1 is 1.28 bits per heavy atom. The van der Waals surface area contributed by atoms with Gasteiger partial charge in [0.15, 0.2) is 0 Å². The van der Waals surface area contributed by atoms with Gasteiger partial charge >= 0.3 is 0 Å². The van der Waals surface area contributed by atoms with Crippen LogP contribution >= 0.6 is 0 Å². The molecular weight excluding hydrogens is 228 g/mol. The highest BCUT2D eigenvalue weighted by Crippen LogP contribution is 2.52. The van der Waals surface area contributed by atoms with Gasteiger partial charge in [0.05, 0.1) is 11.0 Å². The second kappa shape index (κ2) is 3.70. The minimum Gasteiger partial charge on any atom is -0.493 e. The number of nitrogens with one attached hydrogen (secondary N) is 1. The second-order valence-corrected chi connectivity index (χ2v) is 4.81. The molecule has 0 aliphatic heterocycles. The zero-order valence-electron chi connectivity index (χ0n) is 10.1. The van der Waals surface area contributed by atoms with Gasteiger partial charge in [-0.3, -0.25) is 4.79 Å². The summed E-state index contributed by atoms with van der Waals surface area (Å²) in [6.45, 7) is 1.56. The largest absolute Gasteiger partial charge is 0.493 e. The molecule has 1 saturated carbocycles. The molecule has 18 heavy (non-hydrogen) atoms. The number of hydrogen-bond donors (Lipinski definition) is 2. The smallest absolute Gasteiger partial charge is 0.257 e. The molecule has 0 unspecified atom stereocenters. The summed E-state index contributed by atoms with van der Waals surface area (Å²) >= 11 is 0. The molecule has 0 bridgehead atoms. The molecule has 1 aliphatic rings. The van der Waals surface area contributed by atoms with Crippen molar-refractivity contribution in [3.05, 3.63) is 57.6 Å². The Kier molecular flexibility index (Phi) is 2.26. The molecule has 1 aromatic carbocycles. The van der Waals surface area contributed by atoms with Crippen LogP contribution < -0.4 is 5.56 Å². The summed E-state index contributed by atoms with van der Waals surface area (Å²) in [6.07, 6.45) is 1.89. The standard InChI is InChI=1S/C14H14N2O2/c1-9-11(17)15-13(16-12(9)18)14(7-8-14)10-5-3-2-4-6-10/h2-6H,7-8H2,1H3,(H2,15,16,17,18). The van der Waals surface area contributed by atoms with Crippen molar-refractivity contribution in [2.24, 2.45) is 0 Å². The number of aromatic amines is 1. The maximum Gasteiger partial charge on any atom is 0.257 e. The first-order valence-electron chi connectivity index (χ1n) is 5.99. The molecule has 1 heterocycles. The Balaban J connectivity index is 2.14. The summed E-state index contributed by atoms with van der Waals surface area (Å²) in [5.74, 6) is 0.401. The van der Waals surface area contributed by atoms with E-state index in [1.165, 1.54) is 0 Å². The Morgan fingerprint density at radius 3 is 2.50 bits per heavy atom. The molecule has 1 aliphatic carbocycles. The van der Waals surface area contributed by atoms with E-state index in [9.17, 15) is 9.90 Å². The third-order valence-corrected chi connectivity index (χ3v) is 3.66. The summed E-state index contributed by atoms with van der Waals surface area (Å²) in [6, 6.07) is 9.97. The van der Waals surface area contributed by atoms with Gasteiger partial charge in [0.2, 0.25) is 5.88 Å². The second-order valence-electron chi connectivity index (χ2n) is 4.81. The van der Waals surface area contributed by atoms with Crippen molar-refractivity contribution < 1.29 is 5.11 Å². The average molecular weight is 242 g/mol. The van der Waals surface area contributed by atoms with E-state index < -0.39 is 0 Å². The maximum absolute atomic E-state index is 11.7. The van der Waals surface area contributed by atoms with Gasteiger partial charge in [-0.15, -0.1) is 0 Å². The van der Waals surface area contributed by atoms with Crippen LogP contribution in [0.3, 0.4) is 0 Å². The Bertz CT molecular complexity index is 643. The number of H-pyrrole nitrogens is 1. The lowest BCUT2D eigenvalue weighted by atomic mass is 9.95. The number of benzene rings is 1. The molecule has 4 nitrogen and oxygen atoms in total. The average Bonchev–Trinajstić information content (AvgIpc) is 3.18. The van der Waals surface area contributed by atoms with Gasteiger partial charge in [0, 0.05) is 0 Å². The molecule has 2 N–H and O–H groups in total. The van der Waals surface area contributed by atoms with Crippen molar-refractivity contribution in [3.8, 4) is 5.88 Å². The number of aromatic nitrogens is 2. The van der Waals surface area contributed by atoms with Gasteiger partial charge in [0.25, 0.3) is 5.56 Å². The predicted molar refractivity (Wildman–Crippen MR) is 67.7 cm³/mol. The molecule has 0 amide bonds. The number of rotatable bonds is 2. The predicted octanol–water partition coefficient (Wildman–Crippen LogP) is 1.86. The van der Waals surface area contributed by atoms with Gasteiger partial charge in [0.1, 0.15) is 5.82 Å². The normalized spacial score (nSPS) is 16.5. The summed E-state index contributed by atoms with van der Waals surface area (Å²) < 4.78 is 0. The van der Waals surface area contributed by atoms with E-state index in [2.05, 4.69) is 9.97 Å². The fraction of sp³-hybridized carbons (Fsp3) is 0.286. The van der Waals surface area contributed by atoms with Crippen LogP contribution in [0.1, 0.15) is 29.8 Å². The first-order valence-corrected chi connectivity index (χ1v) is 5.99. The highest BCUT2D eigenvalue weighted by atomic mass is 16.3. The Hall–Kier alpha value is -2.10. The lowest BCUT2D eigenvalue weighted by Crippen LogP contribution is -2.21. The monoisotopic (exact) mass is 242 g/mol. The summed E-state index contributed by atoms with van der Waals surface area (Å²) in [5, 5.41) is 9.69. The molecule has 2 aromatic rings. The van der Waals surface area contributed by atoms with E-state index in [1.807, 2.05) is 30.3 Å². The first-order chi connectivity index (χ1) is 8.63. The molecule has 3 rings (SSSR count). The van der Waals surface area contributed by atoms with Crippen LogP contribution in [0.15, 0.2) is 35.1 Å². The Labute approximate surface area is 104 Å². The third-order valence-electron chi connectivity index (χ3n) is 3.66. The summed E-state index contributed by atoms with van der Waals surface area (Å²) in [5.41, 5.74) is 0.921. The topological polar surface area (TPSA) is 66.0 Å². The van der Waals surface area contributed by atoms with E-state index >= 15 is 0 Å². The van der Waals surface area contributed by atoms with Crippen LogP contribution in [-0.2, 0) is 5.41 Å². The minimum absolute atomic E-state index is 0.170. The van der Waals surface area contributed by atoms with Crippen molar-refractivity contribution in [3.63, 3.8) is 0 Å². The van der Waals surface area contributed by atoms with E-state index in [4.69, 9.17) is 0 Å². The van der Waals surface area contributed by atoms with E-state index in [0.717, 1.165) is 18.4 Å². The molecule has 0 spiro atoms. The molecule has 0 saturated heterocycles. The van der Waals surface area contributed by atoms with Crippen molar-refractivity contribution in [2.45, 2.75) is 25.2 Å². The maximum atomic E-state index is 11.7. The van der Waals surface area contributed by atoms with Crippen molar-refractivity contribution in [1.82, 2.24) is 9.97 Å². The lowest BCUT2D eigenvalue weighted by Gasteiger charge is -2.15. The zero-order valence-corrected chi connectivity index (χ0v) is 10.1. The van der Waals surface area contributed by atoms with Gasteiger partial charge < -0.3 is 10.1 Å². The number of hydrogen-bond acceptors (Lipinski definition) is 3. The van der Waals surface area contributed by atoms with Gasteiger partial charge in [-0.2, -0.15) is 4.98 Å². The summed E-state index contributed by atoms with van der Waals surface area (Å²) in [4.78, 5) is 18.6. The van der Waals surface area contributed by atoms with E-state index in [0.29, 0.717) is 5.82 Å². The molecule has 4 heteroatoms. The van der Waals surface area contributed by atoms with Crippen molar-refractivity contribution in [1.29, 1.82) is 0 Å². The quantitative estimate of drug-likeness (QED) is 0.844. The van der Waals surface area contributed by atoms with Crippen LogP contribution in [-0.4, -0.2) is 15.1 Å². The van der Waals surface area contributed by atoms with Crippen LogP contribution in [0.2, 0.25) is 0 Å². The number of aromatic hydroxyl groups is 1. The van der Waals surface area contributed by atoms with Crippen molar-refractivity contribution >= 4 is 0 Å². The minimum atomic E-state index is -0.264. The molecule has 1 aromatic heterocycles. The molecule has 0 radical (unpaired) electrons. The third kappa shape index (κ3) is 1.53. The van der Waals surface area contributed by atoms with Crippen LogP contribution in [0.4, 0.5) is 0 Å². The number of nitrogens with zero attached hydrogens (tertiary/aromatic N) is 1. The highest BCUT2D eigenvalue weighted by Gasteiger charge is 2.48. The van der Waals surface area contributed by atoms with E-state index in [-0.39, 0.29) is 22.4 Å². The SMILES string of the molecule is Cc1c(O)nc(C2(c3ccccc3)CC2)[nH]c1=O. The molecule has 1 fully saturated rings. The first kappa shape index (κ1) is 11.0. The fourth-order valence-corrected chi connectivity index (χ4v) is 2.29. The van der Waals surface area contributed by atoms with Crippen molar-refractivity contribution in [2.75, 3.05) is 0 Å². The van der Waals surface area contributed by atoms with Crippen LogP contribution in [0.25, 0.3) is 0 Å². The lowest BCUT2D eigenvalue weighted by molar-refractivity contribution is 0.440. The molecule has 0 atom stereocenters. The van der Waals surface area contributed by atoms with Crippen LogP contribution in [0.5, 0.6) is 5.88 Å². The Morgan fingerprint density at radius 2 is 1.94 bits per heavy atom. The molecular formula is C14H14N2O2. The van der Waals surface area contributed by atoms with Gasteiger partial charge in [-0.1, -0.05) is 30.3 Å². The zero-order chi connectivity index (χ0) is 12.8. The molecule has 92 valence electrons. The summed E-state index contributed by atoms with van der Waals surface area (Å²) in [7, 11) is 0. The van der Waals surface area contributed by atoms with Gasteiger partial charge in [-0.25, -0.2) is 0 Å². The fourth-order valence-electron chi connectivity index (χ4n) is 2.29. The van der Waals surface area contributed by atoms with Gasteiger partial charge in [-0.05, 0) is 25.3 Å².